The Hall–Kier alpha value is -2.73. The molecule has 1 atom stereocenters. The summed E-state index contributed by atoms with van der Waals surface area (Å²) in [6.45, 7) is 1.25. The van der Waals surface area contributed by atoms with E-state index < -0.39 is 0 Å². The maximum atomic E-state index is 12.1. The van der Waals surface area contributed by atoms with Gasteiger partial charge in [0.25, 0.3) is 5.91 Å². The van der Waals surface area contributed by atoms with Gasteiger partial charge in [0.1, 0.15) is 6.10 Å². The lowest BCUT2D eigenvalue weighted by molar-refractivity contribution is -0.124. The van der Waals surface area contributed by atoms with Crippen molar-refractivity contribution in [3.8, 4) is 0 Å². The number of nitrogens with one attached hydrogen (secondary N) is 1. The van der Waals surface area contributed by atoms with E-state index in [4.69, 9.17) is 4.74 Å². The van der Waals surface area contributed by atoms with Gasteiger partial charge in [-0.3, -0.25) is 14.5 Å². The molecule has 6 heteroatoms. The molecule has 2 aromatic heterocycles. The van der Waals surface area contributed by atoms with E-state index in [9.17, 15) is 4.79 Å². The Morgan fingerprint density at radius 2 is 2.21 bits per heavy atom. The highest BCUT2D eigenvalue weighted by Gasteiger charge is 2.24. The third-order valence-electron chi connectivity index (χ3n) is 4.16. The maximum absolute atomic E-state index is 12.1. The summed E-state index contributed by atoms with van der Waals surface area (Å²) >= 11 is 0. The monoisotopic (exact) mass is 322 g/mol. The molecule has 3 heterocycles. The molecule has 1 saturated heterocycles. The summed E-state index contributed by atoms with van der Waals surface area (Å²) in [6, 6.07) is 11.9. The van der Waals surface area contributed by atoms with Gasteiger partial charge in [0, 0.05) is 30.5 Å². The molecule has 0 saturated carbocycles. The highest BCUT2D eigenvalue weighted by Crippen LogP contribution is 2.18. The molecule has 0 radical (unpaired) electrons. The van der Waals surface area contributed by atoms with Crippen LogP contribution in [0.4, 0.5) is 5.82 Å². The Balaban J connectivity index is 1.49. The largest absolute Gasteiger partial charge is 0.368 e. The molecule has 4 rings (SSSR count). The predicted octanol–water partition coefficient (Wildman–Crippen LogP) is 2.60. The minimum Gasteiger partial charge on any atom is -0.368 e. The number of anilines is 1. The van der Waals surface area contributed by atoms with E-state index >= 15 is 0 Å². The van der Waals surface area contributed by atoms with Gasteiger partial charge < -0.3 is 10.1 Å². The highest BCUT2D eigenvalue weighted by atomic mass is 16.5. The number of carbonyl (C=O) groups excluding carboxylic acids is 1. The van der Waals surface area contributed by atoms with Crippen LogP contribution in [0.2, 0.25) is 0 Å². The first-order valence-electron chi connectivity index (χ1n) is 8.08. The van der Waals surface area contributed by atoms with E-state index in [-0.39, 0.29) is 12.0 Å². The summed E-state index contributed by atoms with van der Waals surface area (Å²) in [7, 11) is 0. The van der Waals surface area contributed by atoms with Crippen LogP contribution in [-0.4, -0.2) is 33.4 Å². The molecule has 1 aliphatic rings. The van der Waals surface area contributed by atoms with Crippen molar-refractivity contribution in [1.29, 1.82) is 0 Å². The van der Waals surface area contributed by atoms with Crippen molar-refractivity contribution in [1.82, 2.24) is 14.8 Å². The molecule has 24 heavy (non-hydrogen) atoms. The molecular formula is C18H18N4O2. The van der Waals surface area contributed by atoms with Crippen molar-refractivity contribution in [3.05, 3.63) is 54.4 Å². The quantitative estimate of drug-likeness (QED) is 0.801. The Kier molecular flexibility index (Phi) is 3.96. The zero-order valence-electron chi connectivity index (χ0n) is 13.2. The number of nitrogens with zero attached hydrogens (tertiary/aromatic N) is 3. The second kappa shape index (κ2) is 6.41. The number of hydrogen-bond acceptors (Lipinski definition) is 4. The van der Waals surface area contributed by atoms with Crippen molar-refractivity contribution in [2.24, 2.45) is 0 Å². The van der Waals surface area contributed by atoms with Gasteiger partial charge in [-0.25, -0.2) is 0 Å². The number of rotatable bonds is 4. The highest BCUT2D eigenvalue weighted by molar-refractivity contribution is 5.93. The molecule has 1 aromatic carbocycles. The lowest BCUT2D eigenvalue weighted by Gasteiger charge is -2.08. The number of para-hydroxylation sites is 1. The van der Waals surface area contributed by atoms with Gasteiger partial charge in [0.05, 0.1) is 12.1 Å². The number of pyridine rings is 1. The molecule has 6 nitrogen and oxygen atoms in total. The molecule has 122 valence electrons. The summed E-state index contributed by atoms with van der Waals surface area (Å²) in [4.78, 5) is 16.5. The van der Waals surface area contributed by atoms with Crippen LogP contribution < -0.4 is 5.32 Å². The fourth-order valence-corrected chi connectivity index (χ4v) is 2.98. The van der Waals surface area contributed by atoms with Crippen molar-refractivity contribution in [2.75, 3.05) is 11.9 Å². The van der Waals surface area contributed by atoms with Gasteiger partial charge in [-0.05, 0) is 24.5 Å². The van der Waals surface area contributed by atoms with Crippen molar-refractivity contribution in [3.63, 3.8) is 0 Å². The minimum absolute atomic E-state index is 0.121. The first-order valence-corrected chi connectivity index (χ1v) is 8.08. The Bertz CT molecular complexity index is 863. The number of fused-ring (bicyclic) bond motifs is 1. The molecule has 0 spiro atoms. The van der Waals surface area contributed by atoms with Crippen LogP contribution in [0.15, 0.2) is 48.8 Å². The lowest BCUT2D eigenvalue weighted by Crippen LogP contribution is -2.27. The Morgan fingerprint density at radius 3 is 3.08 bits per heavy atom. The fourth-order valence-electron chi connectivity index (χ4n) is 2.98. The Morgan fingerprint density at radius 1 is 1.29 bits per heavy atom. The number of carbonyl (C=O) groups is 1. The molecule has 1 fully saturated rings. The average molecular weight is 322 g/mol. The molecule has 0 bridgehead atoms. The normalized spacial score (nSPS) is 17.2. The van der Waals surface area contributed by atoms with E-state index in [1.54, 1.807) is 16.9 Å². The van der Waals surface area contributed by atoms with Crippen LogP contribution in [0.1, 0.15) is 18.4 Å². The maximum Gasteiger partial charge on any atom is 0.254 e. The molecule has 1 unspecified atom stereocenters. The van der Waals surface area contributed by atoms with Crippen LogP contribution in [0.5, 0.6) is 0 Å². The van der Waals surface area contributed by atoms with Crippen molar-refractivity contribution in [2.45, 2.75) is 25.5 Å². The summed E-state index contributed by atoms with van der Waals surface area (Å²) in [5.41, 5.74) is 2.06. The number of benzene rings is 1. The van der Waals surface area contributed by atoms with Crippen LogP contribution >= 0.6 is 0 Å². The van der Waals surface area contributed by atoms with Crippen LogP contribution in [0.3, 0.4) is 0 Å². The second-order valence-corrected chi connectivity index (χ2v) is 5.88. The average Bonchev–Trinajstić information content (AvgIpc) is 3.27. The van der Waals surface area contributed by atoms with Gasteiger partial charge in [-0.15, -0.1) is 0 Å². The summed E-state index contributed by atoms with van der Waals surface area (Å²) in [6.07, 6.45) is 5.00. The molecule has 1 aliphatic heterocycles. The smallest absolute Gasteiger partial charge is 0.254 e. The molecular weight excluding hydrogens is 304 g/mol. The van der Waals surface area contributed by atoms with E-state index in [2.05, 4.69) is 15.4 Å². The van der Waals surface area contributed by atoms with Crippen LogP contribution in [-0.2, 0) is 16.1 Å². The summed E-state index contributed by atoms with van der Waals surface area (Å²) < 4.78 is 7.18. The Labute approximate surface area is 139 Å². The van der Waals surface area contributed by atoms with Crippen LogP contribution in [0, 0.1) is 0 Å². The molecule has 0 aliphatic carbocycles. The number of amides is 1. The van der Waals surface area contributed by atoms with E-state index in [1.165, 1.54) is 0 Å². The molecule has 3 aromatic rings. The first-order chi connectivity index (χ1) is 11.8. The third kappa shape index (κ3) is 3.00. The van der Waals surface area contributed by atoms with Gasteiger partial charge >= 0.3 is 0 Å². The third-order valence-corrected chi connectivity index (χ3v) is 4.16. The zero-order valence-corrected chi connectivity index (χ0v) is 13.2. The topological polar surface area (TPSA) is 69.0 Å². The minimum atomic E-state index is -0.350. The van der Waals surface area contributed by atoms with E-state index in [0.717, 1.165) is 29.3 Å². The SMILES string of the molecule is O=C(Nc1ccn(Cc2cccc3cccnc23)n1)C1CCCO1. The fraction of sp³-hybridized carbons (Fsp3) is 0.278. The second-order valence-electron chi connectivity index (χ2n) is 5.88. The standard InChI is InChI=1S/C18H18N4O2/c23-18(15-7-3-11-24-15)20-16-8-10-22(21-16)12-14-5-1-4-13-6-2-9-19-17(13)14/h1-2,4-6,8-10,15H,3,7,11-12H2,(H,20,21,23). The summed E-state index contributed by atoms with van der Waals surface area (Å²) in [5.74, 6) is 0.424. The van der Waals surface area contributed by atoms with Crippen LogP contribution in [0.25, 0.3) is 10.9 Å². The van der Waals surface area contributed by atoms with Gasteiger partial charge in [0.2, 0.25) is 0 Å². The number of aromatic nitrogens is 3. The lowest BCUT2D eigenvalue weighted by atomic mass is 10.1. The van der Waals surface area contributed by atoms with Gasteiger partial charge in [-0.2, -0.15) is 5.10 Å². The molecule has 1 N–H and O–H groups in total. The summed E-state index contributed by atoms with van der Waals surface area (Å²) in [5, 5.41) is 8.35. The van der Waals surface area contributed by atoms with E-state index in [1.807, 2.05) is 36.5 Å². The van der Waals surface area contributed by atoms with E-state index in [0.29, 0.717) is 19.0 Å². The zero-order chi connectivity index (χ0) is 16.4. The first kappa shape index (κ1) is 14.8. The molecule has 1 amide bonds. The number of hydrogen-bond donors (Lipinski definition) is 1. The predicted molar refractivity (Wildman–Crippen MR) is 90.7 cm³/mol. The van der Waals surface area contributed by atoms with Gasteiger partial charge in [-0.1, -0.05) is 24.3 Å². The van der Waals surface area contributed by atoms with Crippen molar-refractivity contribution >= 4 is 22.6 Å². The van der Waals surface area contributed by atoms with Crippen molar-refractivity contribution < 1.29 is 9.53 Å². The van der Waals surface area contributed by atoms with Gasteiger partial charge in [0.15, 0.2) is 5.82 Å². The number of ether oxygens (including phenoxy) is 1.